The van der Waals surface area contributed by atoms with Crippen LogP contribution in [-0.2, 0) is 0 Å². The Morgan fingerprint density at radius 3 is 3.12 bits per heavy atom. The van der Waals surface area contributed by atoms with Gasteiger partial charge in [0.1, 0.15) is 12.4 Å². The molecular weight excluding hydrogens is 216 g/mol. The summed E-state index contributed by atoms with van der Waals surface area (Å²) < 4.78 is 1.57. The van der Waals surface area contributed by atoms with Gasteiger partial charge in [-0.15, -0.1) is 0 Å². The van der Waals surface area contributed by atoms with Crippen molar-refractivity contribution in [3.8, 4) is 17.3 Å². The molecule has 17 heavy (non-hydrogen) atoms. The van der Waals surface area contributed by atoms with Crippen LogP contribution in [0.15, 0.2) is 37.1 Å². The van der Waals surface area contributed by atoms with E-state index < -0.39 is 0 Å². The number of nitrogens with zero attached hydrogens (tertiary/aromatic N) is 6. The van der Waals surface area contributed by atoms with Crippen LogP contribution in [-0.4, -0.2) is 24.6 Å². The molecule has 3 aromatic heterocycles. The largest absolute Gasteiger partial charge is 0.263 e. The monoisotopic (exact) mass is 222 g/mol. The van der Waals surface area contributed by atoms with Crippen molar-refractivity contribution in [2.45, 2.75) is 0 Å². The summed E-state index contributed by atoms with van der Waals surface area (Å²) in [5.41, 5.74) is 2.01. The van der Waals surface area contributed by atoms with Crippen LogP contribution in [0.1, 0.15) is 5.56 Å². The zero-order valence-electron chi connectivity index (χ0n) is 8.65. The van der Waals surface area contributed by atoms with Crippen LogP contribution >= 0.6 is 0 Å². The van der Waals surface area contributed by atoms with Gasteiger partial charge in [-0.25, -0.2) is 9.50 Å². The van der Waals surface area contributed by atoms with Gasteiger partial charge in [-0.3, -0.25) is 4.98 Å². The van der Waals surface area contributed by atoms with Crippen molar-refractivity contribution in [1.82, 2.24) is 24.6 Å². The van der Waals surface area contributed by atoms with E-state index >= 15 is 0 Å². The molecule has 0 bridgehead atoms. The van der Waals surface area contributed by atoms with Crippen LogP contribution in [0.3, 0.4) is 0 Å². The molecule has 3 rings (SSSR count). The summed E-state index contributed by atoms with van der Waals surface area (Å²) >= 11 is 0. The molecule has 0 N–H and O–H groups in total. The first-order valence-corrected chi connectivity index (χ1v) is 4.89. The van der Waals surface area contributed by atoms with Crippen LogP contribution < -0.4 is 0 Å². The second kappa shape index (κ2) is 3.64. The van der Waals surface area contributed by atoms with Crippen molar-refractivity contribution in [2.75, 3.05) is 0 Å². The van der Waals surface area contributed by atoms with E-state index in [1.54, 1.807) is 29.0 Å². The summed E-state index contributed by atoms with van der Waals surface area (Å²) in [6, 6.07) is 5.59. The van der Waals surface area contributed by atoms with Gasteiger partial charge < -0.3 is 0 Å². The van der Waals surface area contributed by atoms with Gasteiger partial charge >= 0.3 is 0 Å². The molecule has 6 heteroatoms. The maximum atomic E-state index is 8.81. The van der Waals surface area contributed by atoms with Gasteiger partial charge in [0.25, 0.3) is 5.78 Å². The van der Waals surface area contributed by atoms with Crippen molar-refractivity contribution >= 4 is 5.78 Å². The molecule has 0 radical (unpaired) electrons. The maximum Gasteiger partial charge on any atom is 0.252 e. The lowest BCUT2D eigenvalue weighted by Crippen LogP contribution is -1.93. The fraction of sp³-hybridized carbons (Fsp3) is 0. The molecule has 0 spiro atoms. The van der Waals surface area contributed by atoms with Crippen molar-refractivity contribution in [3.05, 3.63) is 42.6 Å². The van der Waals surface area contributed by atoms with E-state index in [9.17, 15) is 0 Å². The normalized spacial score (nSPS) is 10.3. The topological polar surface area (TPSA) is 79.8 Å². The summed E-state index contributed by atoms with van der Waals surface area (Å²) in [5.74, 6) is 0.518. The summed E-state index contributed by atoms with van der Waals surface area (Å²) in [6.45, 7) is 0. The third kappa shape index (κ3) is 1.59. The lowest BCUT2D eigenvalue weighted by Gasteiger charge is -2.00. The predicted molar refractivity (Wildman–Crippen MR) is 58.7 cm³/mol. The van der Waals surface area contributed by atoms with E-state index in [1.165, 1.54) is 12.5 Å². The van der Waals surface area contributed by atoms with Crippen LogP contribution in [0.25, 0.3) is 17.0 Å². The number of hydrogen-bond donors (Lipinski definition) is 0. The lowest BCUT2D eigenvalue weighted by atomic mass is 10.1. The third-order valence-electron chi connectivity index (χ3n) is 2.31. The zero-order valence-corrected chi connectivity index (χ0v) is 8.65. The summed E-state index contributed by atoms with van der Waals surface area (Å²) in [5, 5.41) is 12.8. The number of nitriles is 1. The lowest BCUT2D eigenvalue weighted by molar-refractivity contribution is 0.940. The Morgan fingerprint density at radius 2 is 2.24 bits per heavy atom. The van der Waals surface area contributed by atoms with Gasteiger partial charge in [0.15, 0.2) is 0 Å². The highest BCUT2D eigenvalue weighted by Crippen LogP contribution is 2.16. The molecule has 0 saturated carbocycles. The smallest absolute Gasteiger partial charge is 0.252 e. The highest BCUT2D eigenvalue weighted by Gasteiger charge is 2.04. The molecule has 6 nitrogen and oxygen atoms in total. The number of aromatic nitrogens is 5. The Balaban J connectivity index is 2.16. The van der Waals surface area contributed by atoms with Crippen molar-refractivity contribution in [2.24, 2.45) is 0 Å². The predicted octanol–water partition coefficient (Wildman–Crippen LogP) is 1.06. The van der Waals surface area contributed by atoms with Gasteiger partial charge in [0.05, 0.1) is 11.3 Å². The molecule has 0 unspecified atom stereocenters. The first kappa shape index (κ1) is 9.42. The Bertz CT molecular complexity index is 724. The van der Waals surface area contributed by atoms with Crippen LogP contribution in [0.4, 0.5) is 0 Å². The standard InChI is InChI=1S/C11H6N6/c12-4-8-3-9(6-13-5-8)10-1-2-17-11(16-10)14-7-15-17/h1-3,5-7H. The van der Waals surface area contributed by atoms with E-state index in [1.807, 2.05) is 6.07 Å². The summed E-state index contributed by atoms with van der Waals surface area (Å²) in [7, 11) is 0. The number of hydrogen-bond acceptors (Lipinski definition) is 5. The van der Waals surface area contributed by atoms with Crippen LogP contribution in [0.5, 0.6) is 0 Å². The second-order valence-corrected chi connectivity index (χ2v) is 3.39. The molecule has 0 saturated heterocycles. The number of pyridine rings is 1. The minimum Gasteiger partial charge on any atom is -0.263 e. The fourth-order valence-corrected chi connectivity index (χ4v) is 1.52. The highest BCUT2D eigenvalue weighted by molar-refractivity contribution is 5.61. The molecule has 0 aliphatic heterocycles. The number of fused-ring (bicyclic) bond motifs is 1. The summed E-state index contributed by atoms with van der Waals surface area (Å²) in [4.78, 5) is 12.3. The number of rotatable bonds is 1. The minimum atomic E-state index is 0.505. The molecule has 0 aromatic carbocycles. The average Bonchev–Trinajstić information content (AvgIpc) is 2.86. The van der Waals surface area contributed by atoms with E-state index in [0.717, 1.165) is 11.3 Å². The van der Waals surface area contributed by atoms with Crippen LogP contribution in [0, 0.1) is 11.3 Å². The van der Waals surface area contributed by atoms with E-state index in [-0.39, 0.29) is 0 Å². The molecule has 0 atom stereocenters. The molecule has 0 aliphatic rings. The van der Waals surface area contributed by atoms with Crippen molar-refractivity contribution in [1.29, 1.82) is 5.26 Å². The van der Waals surface area contributed by atoms with Gasteiger partial charge in [0.2, 0.25) is 0 Å². The third-order valence-corrected chi connectivity index (χ3v) is 2.31. The van der Waals surface area contributed by atoms with Gasteiger partial charge in [-0.05, 0) is 12.1 Å². The van der Waals surface area contributed by atoms with Crippen LogP contribution in [0.2, 0.25) is 0 Å². The van der Waals surface area contributed by atoms with E-state index in [4.69, 9.17) is 5.26 Å². The average molecular weight is 222 g/mol. The molecule has 0 aliphatic carbocycles. The Kier molecular flexibility index (Phi) is 2.02. The van der Waals surface area contributed by atoms with Crippen molar-refractivity contribution < 1.29 is 0 Å². The zero-order chi connectivity index (χ0) is 11.7. The molecule has 0 amide bonds. The summed E-state index contributed by atoms with van der Waals surface area (Å²) in [6.07, 6.45) is 6.38. The van der Waals surface area contributed by atoms with E-state index in [0.29, 0.717) is 11.3 Å². The Morgan fingerprint density at radius 1 is 1.29 bits per heavy atom. The van der Waals surface area contributed by atoms with Crippen molar-refractivity contribution in [3.63, 3.8) is 0 Å². The van der Waals surface area contributed by atoms with Gasteiger partial charge in [-0.2, -0.15) is 15.3 Å². The molecule has 3 aromatic rings. The Labute approximate surface area is 96.2 Å². The van der Waals surface area contributed by atoms with Gasteiger partial charge in [-0.1, -0.05) is 0 Å². The quantitative estimate of drug-likeness (QED) is 0.615. The molecular formula is C11H6N6. The SMILES string of the molecule is N#Cc1cncc(-c2ccn3ncnc3n2)c1. The molecule has 3 heterocycles. The fourth-order valence-electron chi connectivity index (χ4n) is 1.52. The second-order valence-electron chi connectivity index (χ2n) is 3.39. The van der Waals surface area contributed by atoms with E-state index in [2.05, 4.69) is 20.1 Å². The first-order valence-electron chi connectivity index (χ1n) is 4.89. The molecule has 80 valence electrons. The first-order chi connectivity index (χ1) is 8.36. The highest BCUT2D eigenvalue weighted by atomic mass is 15.3. The Hall–Kier alpha value is -2.81. The minimum absolute atomic E-state index is 0.505. The molecule has 0 fully saturated rings. The maximum absolute atomic E-state index is 8.81. The van der Waals surface area contributed by atoms with Gasteiger partial charge in [0, 0.05) is 24.2 Å².